The number of hydrogen-bond acceptors (Lipinski definition) is 6. The number of carbonyl (C=O) groups excluding carboxylic acids is 1. The molecule has 2 aliphatic heterocycles. The van der Waals surface area contributed by atoms with Crippen LogP contribution in [-0.4, -0.2) is 39.4 Å². The van der Waals surface area contributed by atoms with Gasteiger partial charge in [-0.1, -0.05) is 23.5 Å². The fraction of sp³-hybridized carbons (Fsp3) is 0.455. The van der Waals surface area contributed by atoms with E-state index in [2.05, 4.69) is 15.5 Å². The van der Waals surface area contributed by atoms with Gasteiger partial charge in [0.1, 0.15) is 10.9 Å². The van der Waals surface area contributed by atoms with Gasteiger partial charge in [-0.05, 0) is 6.92 Å². The largest absolute Gasteiger partial charge is 0.481 e. The number of carboxylic acids is 1. The quantitative estimate of drug-likeness (QED) is 0.779. The highest BCUT2D eigenvalue weighted by Crippen LogP contribution is 2.39. The second-order valence-corrected chi connectivity index (χ2v) is 5.64. The third-order valence-corrected chi connectivity index (χ3v) is 4.00. The van der Waals surface area contributed by atoms with Gasteiger partial charge in [0.25, 0.3) is 0 Å². The van der Waals surface area contributed by atoms with Crippen LogP contribution in [0.5, 0.6) is 0 Å². The second kappa shape index (κ2) is 4.39. The molecule has 2 bridgehead atoms. The van der Waals surface area contributed by atoms with Crippen LogP contribution < -0.4 is 5.32 Å². The molecule has 0 aromatic carbocycles. The zero-order valence-electron chi connectivity index (χ0n) is 9.94. The Hall–Kier alpha value is -1.80. The van der Waals surface area contributed by atoms with Gasteiger partial charge in [0.05, 0.1) is 18.1 Å². The van der Waals surface area contributed by atoms with Crippen molar-refractivity contribution in [1.82, 2.24) is 10.2 Å². The molecule has 0 spiro atoms. The molecule has 1 saturated heterocycles. The number of aliphatic carboxylic acids is 1. The van der Waals surface area contributed by atoms with Gasteiger partial charge in [-0.2, -0.15) is 0 Å². The monoisotopic (exact) mass is 281 g/mol. The van der Waals surface area contributed by atoms with E-state index >= 15 is 0 Å². The van der Waals surface area contributed by atoms with E-state index in [1.165, 1.54) is 11.3 Å². The van der Waals surface area contributed by atoms with Gasteiger partial charge in [-0.3, -0.25) is 9.59 Å². The Morgan fingerprint density at radius 2 is 2.00 bits per heavy atom. The van der Waals surface area contributed by atoms with Crippen molar-refractivity contribution in [3.8, 4) is 0 Å². The molecule has 7 nitrogen and oxygen atoms in total. The van der Waals surface area contributed by atoms with Crippen molar-refractivity contribution < 1.29 is 19.4 Å². The number of hydrogen-bond donors (Lipinski definition) is 2. The molecule has 19 heavy (non-hydrogen) atoms. The first kappa shape index (κ1) is 12.2. The lowest BCUT2D eigenvalue weighted by atomic mass is 9.82. The summed E-state index contributed by atoms with van der Waals surface area (Å²) >= 11 is 1.24. The van der Waals surface area contributed by atoms with Crippen LogP contribution in [0.3, 0.4) is 0 Å². The molecule has 2 N–H and O–H groups in total. The Bertz CT molecular complexity index is 570. The lowest BCUT2D eigenvalue weighted by molar-refractivity contribution is -0.145. The molecule has 0 saturated carbocycles. The van der Waals surface area contributed by atoms with Gasteiger partial charge in [-0.15, -0.1) is 10.2 Å². The number of carbonyl (C=O) groups is 2. The first-order valence-corrected chi connectivity index (χ1v) is 6.55. The molecule has 1 amide bonds. The Morgan fingerprint density at radius 3 is 2.58 bits per heavy atom. The maximum absolute atomic E-state index is 12.2. The molecule has 100 valence electrons. The molecule has 4 atom stereocenters. The van der Waals surface area contributed by atoms with Gasteiger partial charge >= 0.3 is 5.97 Å². The molecule has 0 radical (unpaired) electrons. The van der Waals surface area contributed by atoms with Crippen LogP contribution in [-0.2, 0) is 14.3 Å². The number of amides is 1. The summed E-state index contributed by atoms with van der Waals surface area (Å²) in [5.41, 5.74) is 0. The van der Waals surface area contributed by atoms with Crippen molar-refractivity contribution in [3.63, 3.8) is 0 Å². The highest BCUT2D eigenvalue weighted by molar-refractivity contribution is 7.15. The zero-order chi connectivity index (χ0) is 13.6. The fourth-order valence-electron chi connectivity index (χ4n) is 2.45. The van der Waals surface area contributed by atoms with Crippen molar-refractivity contribution in [3.05, 3.63) is 17.2 Å². The Balaban J connectivity index is 1.79. The number of anilines is 1. The minimum Gasteiger partial charge on any atom is -0.481 e. The topological polar surface area (TPSA) is 101 Å². The summed E-state index contributed by atoms with van der Waals surface area (Å²) in [4.78, 5) is 23.4. The zero-order valence-corrected chi connectivity index (χ0v) is 10.8. The van der Waals surface area contributed by atoms with E-state index in [0.717, 1.165) is 5.01 Å². The molecule has 1 aromatic rings. The van der Waals surface area contributed by atoms with E-state index < -0.39 is 30.0 Å². The first-order valence-electron chi connectivity index (χ1n) is 5.74. The normalized spacial score (nSPS) is 31.6. The maximum atomic E-state index is 12.2. The predicted octanol–water partition coefficient (Wildman–Crippen LogP) is 0.439. The number of aryl methyl sites for hydroxylation is 1. The molecule has 1 fully saturated rings. The summed E-state index contributed by atoms with van der Waals surface area (Å²) in [6, 6.07) is 0. The van der Waals surface area contributed by atoms with Crippen molar-refractivity contribution in [2.45, 2.75) is 19.1 Å². The molecule has 3 heterocycles. The van der Waals surface area contributed by atoms with E-state index in [9.17, 15) is 14.7 Å². The molecule has 0 unspecified atom stereocenters. The SMILES string of the molecule is Cc1nnc(NC(=O)[C@@H]2[C@@H](C(=O)O)[C@@H]3C=C[C@@H]2O3)s1. The van der Waals surface area contributed by atoms with Gasteiger partial charge < -0.3 is 15.2 Å². The van der Waals surface area contributed by atoms with E-state index in [0.29, 0.717) is 5.13 Å². The molecular formula is C11H11N3O4S. The first-order chi connectivity index (χ1) is 9.06. The summed E-state index contributed by atoms with van der Waals surface area (Å²) in [5, 5.41) is 20.5. The van der Waals surface area contributed by atoms with Crippen LogP contribution >= 0.6 is 11.3 Å². The van der Waals surface area contributed by atoms with Gasteiger partial charge in [-0.25, -0.2) is 0 Å². The summed E-state index contributed by atoms with van der Waals surface area (Å²) in [5.74, 6) is -2.98. The molecule has 3 rings (SSSR count). The smallest absolute Gasteiger partial charge is 0.310 e. The molecule has 0 aliphatic carbocycles. The number of ether oxygens (including phenoxy) is 1. The van der Waals surface area contributed by atoms with Crippen LogP contribution in [0.4, 0.5) is 5.13 Å². The number of fused-ring (bicyclic) bond motifs is 2. The maximum Gasteiger partial charge on any atom is 0.310 e. The number of rotatable bonds is 3. The molecular weight excluding hydrogens is 270 g/mol. The van der Waals surface area contributed by atoms with Crippen LogP contribution in [0.2, 0.25) is 0 Å². The Labute approximate surface area is 112 Å². The van der Waals surface area contributed by atoms with E-state index in [1.807, 2.05) is 0 Å². The third-order valence-electron chi connectivity index (χ3n) is 3.24. The highest BCUT2D eigenvalue weighted by atomic mass is 32.1. The van der Waals surface area contributed by atoms with Crippen LogP contribution in [0.25, 0.3) is 0 Å². The lowest BCUT2D eigenvalue weighted by Gasteiger charge is -2.20. The Morgan fingerprint density at radius 1 is 1.32 bits per heavy atom. The predicted molar refractivity (Wildman–Crippen MR) is 65.7 cm³/mol. The number of nitrogens with one attached hydrogen (secondary N) is 1. The molecule has 2 aliphatic rings. The van der Waals surface area contributed by atoms with Crippen molar-refractivity contribution in [1.29, 1.82) is 0 Å². The van der Waals surface area contributed by atoms with Gasteiger partial charge in [0.15, 0.2) is 0 Å². The van der Waals surface area contributed by atoms with Crippen molar-refractivity contribution in [2.24, 2.45) is 11.8 Å². The summed E-state index contributed by atoms with van der Waals surface area (Å²) < 4.78 is 5.44. The van der Waals surface area contributed by atoms with Crippen LogP contribution in [0, 0.1) is 18.8 Å². The fourth-order valence-corrected chi connectivity index (χ4v) is 3.05. The second-order valence-electron chi connectivity index (χ2n) is 4.46. The summed E-state index contributed by atoms with van der Waals surface area (Å²) in [6.45, 7) is 1.77. The standard InChI is InChI=1S/C11H11N3O4S/c1-4-13-14-11(19-4)12-9(15)7-5-2-3-6(18-5)8(7)10(16)17/h2-3,5-8H,1H3,(H,16,17)(H,12,14,15)/t5-,6-,7-,8-/m0/s1. The number of nitrogens with zero attached hydrogens (tertiary/aromatic N) is 2. The lowest BCUT2D eigenvalue weighted by Crippen LogP contribution is -2.39. The van der Waals surface area contributed by atoms with E-state index in [1.54, 1.807) is 19.1 Å². The highest BCUT2D eigenvalue weighted by Gasteiger charge is 2.53. The van der Waals surface area contributed by atoms with Crippen molar-refractivity contribution in [2.75, 3.05) is 5.32 Å². The minimum atomic E-state index is -1.02. The minimum absolute atomic E-state index is 0.374. The van der Waals surface area contributed by atoms with E-state index in [4.69, 9.17) is 4.74 Å². The third kappa shape index (κ3) is 2.02. The molecule has 1 aromatic heterocycles. The summed E-state index contributed by atoms with van der Waals surface area (Å²) in [7, 11) is 0. The Kier molecular flexibility index (Phi) is 2.83. The van der Waals surface area contributed by atoms with Crippen LogP contribution in [0.15, 0.2) is 12.2 Å². The van der Waals surface area contributed by atoms with Crippen molar-refractivity contribution >= 4 is 28.3 Å². The number of carboxylic acid groups (broad SMARTS) is 1. The van der Waals surface area contributed by atoms with Crippen LogP contribution in [0.1, 0.15) is 5.01 Å². The summed E-state index contributed by atoms with van der Waals surface area (Å²) in [6.07, 6.45) is 2.44. The average Bonchev–Trinajstić information content (AvgIpc) is 3.03. The van der Waals surface area contributed by atoms with Gasteiger partial charge in [0.2, 0.25) is 11.0 Å². The van der Waals surface area contributed by atoms with E-state index in [-0.39, 0.29) is 5.91 Å². The number of aromatic nitrogens is 2. The average molecular weight is 281 g/mol. The molecule has 8 heteroatoms. The van der Waals surface area contributed by atoms with Gasteiger partial charge in [0, 0.05) is 0 Å².